The second-order valence-corrected chi connectivity index (χ2v) is 3.48. The van der Waals surface area contributed by atoms with Crippen molar-refractivity contribution in [3.8, 4) is 0 Å². The van der Waals surface area contributed by atoms with E-state index in [9.17, 15) is 0 Å². The Hall–Kier alpha value is -1.97. The van der Waals surface area contributed by atoms with E-state index in [2.05, 4.69) is 34.6 Å². The molecule has 78 valence electrons. The van der Waals surface area contributed by atoms with Gasteiger partial charge in [0.25, 0.3) is 0 Å². The van der Waals surface area contributed by atoms with Crippen LogP contribution in [0.1, 0.15) is 11.1 Å². The third-order valence-electron chi connectivity index (χ3n) is 2.40. The first-order valence-corrected chi connectivity index (χ1v) is 4.84. The SMILES string of the molecule is Cc1ccccc1CNc1cn[nH]c1N. The Kier molecular flexibility index (Phi) is 2.58. The molecule has 0 unspecified atom stereocenters. The van der Waals surface area contributed by atoms with Gasteiger partial charge in [0.15, 0.2) is 0 Å². The van der Waals surface area contributed by atoms with Crippen LogP contribution in [0.15, 0.2) is 30.5 Å². The van der Waals surface area contributed by atoms with E-state index in [1.165, 1.54) is 11.1 Å². The molecule has 0 aliphatic heterocycles. The van der Waals surface area contributed by atoms with E-state index in [-0.39, 0.29) is 0 Å². The van der Waals surface area contributed by atoms with Crippen molar-refractivity contribution >= 4 is 11.5 Å². The second kappa shape index (κ2) is 4.04. The number of benzene rings is 1. The van der Waals surface area contributed by atoms with E-state index in [0.717, 1.165) is 12.2 Å². The van der Waals surface area contributed by atoms with E-state index in [4.69, 9.17) is 5.73 Å². The number of H-pyrrole nitrogens is 1. The maximum atomic E-state index is 5.66. The summed E-state index contributed by atoms with van der Waals surface area (Å²) in [6.45, 7) is 2.85. The average molecular weight is 202 g/mol. The fourth-order valence-electron chi connectivity index (χ4n) is 1.44. The smallest absolute Gasteiger partial charge is 0.142 e. The molecule has 0 atom stereocenters. The van der Waals surface area contributed by atoms with Crippen molar-refractivity contribution in [2.24, 2.45) is 0 Å². The number of nitrogens with zero attached hydrogens (tertiary/aromatic N) is 1. The Morgan fingerprint density at radius 2 is 2.20 bits per heavy atom. The highest BCUT2D eigenvalue weighted by Crippen LogP contribution is 2.15. The third kappa shape index (κ3) is 2.10. The van der Waals surface area contributed by atoms with Crippen LogP contribution < -0.4 is 11.1 Å². The standard InChI is InChI=1S/C11H14N4/c1-8-4-2-3-5-9(8)6-13-10-7-14-15-11(10)12/h2-5,7,13H,6H2,1H3,(H3,12,14,15). The molecule has 0 bridgehead atoms. The van der Waals surface area contributed by atoms with E-state index < -0.39 is 0 Å². The number of hydrogen-bond donors (Lipinski definition) is 3. The van der Waals surface area contributed by atoms with Crippen LogP contribution >= 0.6 is 0 Å². The van der Waals surface area contributed by atoms with Crippen molar-refractivity contribution < 1.29 is 0 Å². The fraction of sp³-hybridized carbons (Fsp3) is 0.182. The van der Waals surface area contributed by atoms with Gasteiger partial charge in [0.05, 0.1) is 11.9 Å². The van der Waals surface area contributed by atoms with Gasteiger partial charge in [-0.25, -0.2) is 0 Å². The fourth-order valence-corrected chi connectivity index (χ4v) is 1.44. The minimum atomic E-state index is 0.573. The number of rotatable bonds is 3. The van der Waals surface area contributed by atoms with Crippen molar-refractivity contribution in [1.82, 2.24) is 10.2 Å². The molecule has 0 saturated heterocycles. The molecule has 0 aliphatic rings. The molecule has 1 heterocycles. The Morgan fingerprint density at radius 1 is 1.40 bits per heavy atom. The van der Waals surface area contributed by atoms with Gasteiger partial charge in [0, 0.05) is 6.54 Å². The van der Waals surface area contributed by atoms with Crippen LogP contribution in [0, 0.1) is 6.92 Å². The summed E-state index contributed by atoms with van der Waals surface area (Å²) in [6, 6.07) is 8.25. The maximum Gasteiger partial charge on any atom is 0.142 e. The van der Waals surface area contributed by atoms with Crippen molar-refractivity contribution in [3.63, 3.8) is 0 Å². The van der Waals surface area contributed by atoms with Crippen LogP contribution in [0.25, 0.3) is 0 Å². The highest BCUT2D eigenvalue weighted by Gasteiger charge is 2.01. The topological polar surface area (TPSA) is 66.7 Å². The third-order valence-corrected chi connectivity index (χ3v) is 2.40. The molecule has 15 heavy (non-hydrogen) atoms. The molecule has 1 aromatic heterocycles. The first-order valence-electron chi connectivity index (χ1n) is 4.84. The molecular weight excluding hydrogens is 188 g/mol. The summed E-state index contributed by atoms with van der Waals surface area (Å²) in [7, 11) is 0. The van der Waals surface area contributed by atoms with Crippen molar-refractivity contribution in [2.45, 2.75) is 13.5 Å². The number of aryl methyl sites for hydroxylation is 1. The second-order valence-electron chi connectivity index (χ2n) is 3.48. The number of nitrogens with one attached hydrogen (secondary N) is 2. The van der Waals surface area contributed by atoms with Gasteiger partial charge in [-0.1, -0.05) is 24.3 Å². The zero-order chi connectivity index (χ0) is 10.7. The monoisotopic (exact) mass is 202 g/mol. The zero-order valence-corrected chi connectivity index (χ0v) is 8.62. The van der Waals surface area contributed by atoms with E-state index >= 15 is 0 Å². The summed E-state index contributed by atoms with van der Waals surface area (Å²) in [5.41, 5.74) is 9.04. The van der Waals surface area contributed by atoms with Crippen molar-refractivity contribution in [1.29, 1.82) is 0 Å². The summed E-state index contributed by atoms with van der Waals surface area (Å²) < 4.78 is 0. The first-order chi connectivity index (χ1) is 7.27. The number of hydrogen-bond acceptors (Lipinski definition) is 3. The molecule has 0 aliphatic carbocycles. The molecule has 4 heteroatoms. The van der Waals surface area contributed by atoms with Crippen molar-refractivity contribution in [3.05, 3.63) is 41.6 Å². The van der Waals surface area contributed by atoms with E-state index in [1.54, 1.807) is 6.20 Å². The molecule has 0 spiro atoms. The molecule has 0 amide bonds. The summed E-state index contributed by atoms with van der Waals surface area (Å²) in [5, 5.41) is 9.76. The average Bonchev–Trinajstić information content (AvgIpc) is 2.63. The van der Waals surface area contributed by atoms with E-state index in [0.29, 0.717) is 5.82 Å². The molecule has 4 N–H and O–H groups in total. The van der Waals surface area contributed by atoms with Gasteiger partial charge in [-0.05, 0) is 18.1 Å². The lowest BCUT2D eigenvalue weighted by molar-refractivity contribution is 1.10. The van der Waals surface area contributed by atoms with Gasteiger partial charge >= 0.3 is 0 Å². The predicted molar refractivity (Wildman–Crippen MR) is 61.5 cm³/mol. The molecule has 1 aromatic carbocycles. The molecule has 4 nitrogen and oxygen atoms in total. The number of nitrogens with two attached hydrogens (primary N) is 1. The molecule has 0 fully saturated rings. The van der Waals surface area contributed by atoms with Crippen LogP contribution in [-0.2, 0) is 6.54 Å². The van der Waals surface area contributed by atoms with Gasteiger partial charge in [-0.3, -0.25) is 5.10 Å². The number of nitrogen functional groups attached to an aromatic ring is 1. The Balaban J connectivity index is 2.06. The molecule has 0 saturated carbocycles. The van der Waals surface area contributed by atoms with Crippen molar-refractivity contribution in [2.75, 3.05) is 11.1 Å². The molecule has 2 rings (SSSR count). The molecular formula is C11H14N4. The lowest BCUT2D eigenvalue weighted by atomic mass is 10.1. The van der Waals surface area contributed by atoms with Gasteiger partial charge in [0.1, 0.15) is 5.82 Å². The quantitative estimate of drug-likeness (QED) is 0.712. The minimum Gasteiger partial charge on any atom is -0.382 e. The van der Waals surface area contributed by atoms with Gasteiger partial charge in [-0.2, -0.15) is 5.10 Å². The lowest BCUT2D eigenvalue weighted by Crippen LogP contribution is -2.02. The van der Waals surface area contributed by atoms with E-state index in [1.807, 2.05) is 12.1 Å². The zero-order valence-electron chi connectivity index (χ0n) is 8.62. The summed E-state index contributed by atoms with van der Waals surface area (Å²) in [6.07, 6.45) is 1.69. The summed E-state index contributed by atoms with van der Waals surface area (Å²) in [5.74, 6) is 0.573. The van der Waals surface area contributed by atoms with Crippen LogP contribution in [0.2, 0.25) is 0 Å². The van der Waals surface area contributed by atoms with Gasteiger partial charge in [0.2, 0.25) is 0 Å². The highest BCUT2D eigenvalue weighted by atomic mass is 15.2. The summed E-state index contributed by atoms with van der Waals surface area (Å²) in [4.78, 5) is 0. The number of aromatic nitrogens is 2. The largest absolute Gasteiger partial charge is 0.382 e. The number of aromatic amines is 1. The van der Waals surface area contributed by atoms with Crippen LogP contribution in [0.3, 0.4) is 0 Å². The molecule has 2 aromatic rings. The van der Waals surface area contributed by atoms with Gasteiger partial charge < -0.3 is 11.1 Å². The predicted octanol–water partition coefficient (Wildman–Crippen LogP) is 1.91. The van der Waals surface area contributed by atoms with Crippen LogP contribution in [0.5, 0.6) is 0 Å². The maximum absolute atomic E-state index is 5.66. The number of anilines is 2. The van der Waals surface area contributed by atoms with Crippen LogP contribution in [0.4, 0.5) is 11.5 Å². The first kappa shape index (κ1) is 9.58. The summed E-state index contributed by atoms with van der Waals surface area (Å²) >= 11 is 0. The Labute approximate surface area is 88.5 Å². The Bertz CT molecular complexity index is 447. The highest BCUT2D eigenvalue weighted by molar-refractivity contribution is 5.60. The normalized spacial score (nSPS) is 10.2. The van der Waals surface area contributed by atoms with Crippen LogP contribution in [-0.4, -0.2) is 10.2 Å². The Morgan fingerprint density at radius 3 is 2.87 bits per heavy atom. The lowest BCUT2D eigenvalue weighted by Gasteiger charge is -2.07. The van der Waals surface area contributed by atoms with Gasteiger partial charge in [-0.15, -0.1) is 0 Å². The minimum absolute atomic E-state index is 0.573. The molecule has 0 radical (unpaired) electrons.